The number of nitrogens with one attached hydrogen (secondary N) is 1. The predicted octanol–water partition coefficient (Wildman–Crippen LogP) is 2.94. The third-order valence-electron chi connectivity index (χ3n) is 6.95. The van der Waals surface area contributed by atoms with E-state index in [9.17, 15) is 15.0 Å². The highest BCUT2D eigenvalue weighted by atomic mass is 32.1. The van der Waals surface area contributed by atoms with E-state index in [0.717, 1.165) is 37.5 Å². The number of rotatable bonds is 12. The Labute approximate surface area is 216 Å². The van der Waals surface area contributed by atoms with Crippen LogP contribution >= 0.6 is 11.3 Å². The molecule has 1 aliphatic carbocycles. The highest BCUT2D eigenvalue weighted by molar-refractivity contribution is 7.16. The smallest absolute Gasteiger partial charge is 0.274 e. The largest absolute Gasteiger partial charge is 0.851 e. The molecular formula is C27H36N4O4S-2. The van der Waals surface area contributed by atoms with Gasteiger partial charge in [0.05, 0.1) is 17.2 Å². The number of ether oxygens (including phenoxy) is 1. The first-order valence-corrected chi connectivity index (χ1v) is 13.9. The van der Waals surface area contributed by atoms with Gasteiger partial charge >= 0.3 is 0 Å². The van der Waals surface area contributed by atoms with Gasteiger partial charge < -0.3 is 19.8 Å². The lowest BCUT2D eigenvalue weighted by molar-refractivity contribution is -0.535. The molecule has 0 amide bonds. The van der Waals surface area contributed by atoms with Crippen molar-refractivity contribution >= 4 is 16.5 Å². The minimum absolute atomic E-state index is 0.303. The summed E-state index contributed by atoms with van der Waals surface area (Å²) in [4.78, 5) is 20.9. The second-order valence-corrected chi connectivity index (χ2v) is 10.3. The van der Waals surface area contributed by atoms with Crippen molar-refractivity contribution in [2.24, 2.45) is 0 Å². The molecule has 2 unspecified atom stereocenters. The van der Waals surface area contributed by atoms with Gasteiger partial charge in [0.15, 0.2) is 5.13 Å². The van der Waals surface area contributed by atoms with Gasteiger partial charge in [0.25, 0.3) is 5.56 Å². The summed E-state index contributed by atoms with van der Waals surface area (Å²) in [6, 6.07) is 9.24. The normalized spacial score (nSPS) is 21.4. The molecule has 1 aliphatic rings. The molecule has 8 nitrogen and oxygen atoms in total. The Morgan fingerprint density at radius 2 is 1.75 bits per heavy atom. The maximum absolute atomic E-state index is 13.7. The highest BCUT2D eigenvalue weighted by Gasteiger charge is 2.44. The Balaban J connectivity index is 1.68. The number of nitrogens with zero attached hydrogens (tertiary/aromatic N) is 3. The van der Waals surface area contributed by atoms with Crippen molar-refractivity contribution < 1.29 is 14.9 Å². The first-order chi connectivity index (χ1) is 17.5. The number of unbranched alkanes of at least 4 members (excludes halogenated alkanes) is 1. The molecule has 2 atom stereocenters. The van der Waals surface area contributed by atoms with Crippen LogP contribution in [0.2, 0.25) is 0 Å². The summed E-state index contributed by atoms with van der Waals surface area (Å²) in [5.74, 6) is -1.26. The number of H-pyrrole nitrogens is 1. The number of thiazole rings is 1. The minimum Gasteiger partial charge on any atom is -0.851 e. The third-order valence-corrected chi connectivity index (χ3v) is 8.15. The van der Waals surface area contributed by atoms with Crippen LogP contribution in [-0.4, -0.2) is 46.7 Å². The van der Waals surface area contributed by atoms with Crippen LogP contribution in [0.3, 0.4) is 0 Å². The Kier molecular flexibility index (Phi) is 8.54. The van der Waals surface area contributed by atoms with Crippen LogP contribution < -0.4 is 25.4 Å². The predicted molar refractivity (Wildman–Crippen MR) is 140 cm³/mol. The molecule has 0 spiro atoms. The Morgan fingerprint density at radius 1 is 1.06 bits per heavy atom. The van der Waals surface area contributed by atoms with E-state index in [0.29, 0.717) is 40.7 Å². The van der Waals surface area contributed by atoms with Crippen molar-refractivity contribution in [1.29, 1.82) is 0 Å². The van der Waals surface area contributed by atoms with Gasteiger partial charge in [-0.2, -0.15) is 4.98 Å². The summed E-state index contributed by atoms with van der Waals surface area (Å²) in [5, 5.41) is 31.3. The number of hydrogen-bond donors (Lipinski definition) is 1. The summed E-state index contributed by atoms with van der Waals surface area (Å²) in [7, 11) is 0. The average Bonchev–Trinajstić information content (AvgIpc) is 3.42. The fraction of sp³-hybridized carbons (Fsp3) is 0.556. The first kappa shape index (κ1) is 26.4. The molecule has 36 heavy (non-hydrogen) atoms. The third kappa shape index (κ3) is 4.84. The molecule has 2 heterocycles. The molecule has 1 fully saturated rings. The van der Waals surface area contributed by atoms with E-state index in [2.05, 4.69) is 21.9 Å². The first-order valence-electron chi connectivity index (χ1n) is 13.1. The van der Waals surface area contributed by atoms with Gasteiger partial charge in [-0.25, -0.2) is 4.68 Å². The summed E-state index contributed by atoms with van der Waals surface area (Å²) >= 11 is 1.38. The van der Waals surface area contributed by atoms with Gasteiger partial charge in [-0.3, -0.25) is 9.89 Å². The fourth-order valence-electron chi connectivity index (χ4n) is 4.90. The van der Waals surface area contributed by atoms with Gasteiger partial charge in [0.2, 0.25) is 5.88 Å². The monoisotopic (exact) mass is 512 g/mol. The average molecular weight is 513 g/mol. The molecule has 0 saturated heterocycles. The van der Waals surface area contributed by atoms with Gasteiger partial charge in [0.1, 0.15) is 0 Å². The number of anilines is 1. The summed E-state index contributed by atoms with van der Waals surface area (Å²) in [6.07, 6.45) is 0.786. The van der Waals surface area contributed by atoms with Crippen LogP contribution in [0.4, 0.5) is 5.13 Å². The molecule has 3 aromatic rings. The van der Waals surface area contributed by atoms with Crippen LogP contribution in [-0.2, 0) is 6.42 Å². The lowest BCUT2D eigenvalue weighted by Crippen LogP contribution is -2.64. The van der Waals surface area contributed by atoms with Crippen molar-refractivity contribution in [3.8, 4) is 11.6 Å². The molecule has 0 bridgehead atoms. The van der Waals surface area contributed by atoms with Gasteiger partial charge in [0, 0.05) is 24.3 Å². The van der Waals surface area contributed by atoms with Crippen molar-refractivity contribution in [1.82, 2.24) is 14.8 Å². The van der Waals surface area contributed by atoms with E-state index in [4.69, 9.17) is 4.74 Å². The summed E-state index contributed by atoms with van der Waals surface area (Å²) < 4.78 is 7.42. The molecule has 0 aliphatic heterocycles. The van der Waals surface area contributed by atoms with Crippen molar-refractivity contribution in [2.75, 3.05) is 24.6 Å². The zero-order valence-electron chi connectivity index (χ0n) is 21.5. The van der Waals surface area contributed by atoms with E-state index < -0.39 is 24.0 Å². The second-order valence-electron chi connectivity index (χ2n) is 9.25. The summed E-state index contributed by atoms with van der Waals surface area (Å²) in [5.41, 5.74) is 1.41. The van der Waals surface area contributed by atoms with Crippen LogP contribution in [0.5, 0.6) is 5.88 Å². The molecule has 4 rings (SSSR count). The van der Waals surface area contributed by atoms with Gasteiger partial charge in [-0.15, -0.1) is 12.2 Å². The molecule has 1 aromatic carbocycles. The standard InChI is InChI=1S/C27H36N4O4S/c1-5-9-16-35-25-24(36-27(28-25)30(7-3)8-4)21-22(32)20(23(21)33)19-18(13-6-2)29-31(26(19)34)17-14-11-10-12-15-17/h10-12,14-15,20-23,29H,5-9,13,16H2,1-4H3/q-2. The Hall–Kier alpha value is -2.62. The minimum atomic E-state index is -1.23. The number of benzene rings is 1. The molecule has 9 heteroatoms. The lowest BCUT2D eigenvalue weighted by Gasteiger charge is -2.60. The van der Waals surface area contributed by atoms with Crippen molar-refractivity contribution in [3.05, 3.63) is 56.8 Å². The Morgan fingerprint density at radius 3 is 2.36 bits per heavy atom. The fourth-order valence-corrected chi connectivity index (χ4v) is 6.21. The Bertz CT molecular complexity index is 1170. The number of aromatic nitrogens is 3. The SMILES string of the molecule is CCCCOc1nc(N(CC)CC)sc1C1C([O-])C(c2c(CCC)[nH]n(-c3ccccc3)c2=O)C1[O-]. The zero-order valence-corrected chi connectivity index (χ0v) is 22.3. The number of hydrogen-bond acceptors (Lipinski definition) is 7. The maximum Gasteiger partial charge on any atom is 0.274 e. The molecule has 2 aromatic heterocycles. The molecular weight excluding hydrogens is 476 g/mol. The number of aryl methyl sites for hydroxylation is 1. The quantitative estimate of drug-likeness (QED) is 0.374. The van der Waals surface area contributed by atoms with E-state index in [1.807, 2.05) is 51.1 Å². The summed E-state index contributed by atoms with van der Waals surface area (Å²) in [6.45, 7) is 10.2. The van der Waals surface area contributed by atoms with Gasteiger partial charge in [-0.1, -0.05) is 56.2 Å². The number of para-hydroxylation sites is 1. The zero-order chi connectivity index (χ0) is 25.8. The second kappa shape index (κ2) is 11.6. The van der Waals surface area contributed by atoms with Crippen LogP contribution in [0.1, 0.15) is 74.9 Å². The van der Waals surface area contributed by atoms with Crippen LogP contribution in [0, 0.1) is 0 Å². The molecule has 1 N–H and O–H groups in total. The van der Waals surface area contributed by atoms with Crippen LogP contribution in [0.25, 0.3) is 5.69 Å². The van der Waals surface area contributed by atoms with E-state index >= 15 is 0 Å². The molecule has 196 valence electrons. The maximum atomic E-state index is 13.7. The topological polar surface area (TPSA) is 109 Å². The van der Waals surface area contributed by atoms with Gasteiger partial charge in [-0.05, 0) is 50.7 Å². The molecule has 1 saturated carbocycles. The highest BCUT2D eigenvalue weighted by Crippen LogP contribution is 2.50. The number of aromatic amines is 1. The van der Waals surface area contributed by atoms with E-state index in [1.165, 1.54) is 16.0 Å². The van der Waals surface area contributed by atoms with Crippen molar-refractivity contribution in [3.63, 3.8) is 0 Å². The lowest BCUT2D eigenvalue weighted by atomic mass is 9.65. The molecule has 0 radical (unpaired) electrons. The van der Waals surface area contributed by atoms with Crippen LogP contribution in [0.15, 0.2) is 35.1 Å². The van der Waals surface area contributed by atoms with E-state index in [1.54, 1.807) is 0 Å². The van der Waals surface area contributed by atoms with Crippen molar-refractivity contribution in [2.45, 2.75) is 77.4 Å². The van der Waals surface area contributed by atoms with E-state index in [-0.39, 0.29) is 5.56 Å².